The normalized spacial score (nSPS) is 10.7. The van der Waals surface area contributed by atoms with E-state index in [1.165, 1.54) is 16.1 Å². The zero-order valence-corrected chi connectivity index (χ0v) is 15.2. The summed E-state index contributed by atoms with van der Waals surface area (Å²) in [5.41, 5.74) is 0.810. The Morgan fingerprint density at radius 3 is 2.56 bits per heavy atom. The first-order valence-electron chi connectivity index (χ1n) is 8.33. The van der Waals surface area contributed by atoms with Crippen LogP contribution in [0.2, 0.25) is 0 Å². The van der Waals surface area contributed by atoms with Crippen molar-refractivity contribution in [2.75, 3.05) is 13.7 Å². The van der Waals surface area contributed by atoms with Crippen molar-refractivity contribution in [1.29, 1.82) is 0 Å². The molecule has 0 bridgehead atoms. The number of para-hydroxylation sites is 1. The first-order chi connectivity index (χ1) is 13.0. The maximum Gasteiger partial charge on any atom is 0.355 e. The molecule has 0 spiro atoms. The summed E-state index contributed by atoms with van der Waals surface area (Å²) < 4.78 is 12.6. The van der Waals surface area contributed by atoms with Gasteiger partial charge in [0.25, 0.3) is 0 Å². The standard InChI is InChI=1S/C20H18N2O5/c1-5-11-21-14-10-8-7-9-13(14)17-15(18(23)27-6-2)12(3)16(19(24)26-4)22(17)20(21)25/h1,7-10H,6,11H2,2-4H3. The molecule has 0 unspecified atom stereocenters. The van der Waals surface area contributed by atoms with Crippen molar-refractivity contribution >= 4 is 28.4 Å². The van der Waals surface area contributed by atoms with Gasteiger partial charge in [0.15, 0.2) is 0 Å². The van der Waals surface area contributed by atoms with E-state index < -0.39 is 17.6 Å². The van der Waals surface area contributed by atoms with E-state index in [9.17, 15) is 14.4 Å². The fourth-order valence-electron chi connectivity index (χ4n) is 3.30. The van der Waals surface area contributed by atoms with Gasteiger partial charge in [-0.15, -0.1) is 6.42 Å². The van der Waals surface area contributed by atoms with Gasteiger partial charge in [0.05, 0.1) is 36.9 Å². The Labute approximate surface area is 155 Å². The molecule has 27 heavy (non-hydrogen) atoms. The summed E-state index contributed by atoms with van der Waals surface area (Å²) in [5.74, 6) is 1.12. The lowest BCUT2D eigenvalue weighted by Gasteiger charge is -2.11. The Hall–Kier alpha value is -3.53. The summed E-state index contributed by atoms with van der Waals surface area (Å²) in [6, 6.07) is 7.05. The highest BCUT2D eigenvalue weighted by Crippen LogP contribution is 2.29. The molecule has 0 radical (unpaired) electrons. The molecule has 2 aromatic heterocycles. The second kappa shape index (κ2) is 7.00. The summed E-state index contributed by atoms with van der Waals surface area (Å²) in [6.07, 6.45) is 5.43. The van der Waals surface area contributed by atoms with Crippen LogP contribution in [0.3, 0.4) is 0 Å². The number of methoxy groups -OCH3 is 1. The van der Waals surface area contributed by atoms with E-state index in [0.29, 0.717) is 22.0 Å². The SMILES string of the molecule is C#CCn1c(=O)n2c(C(=O)OC)c(C)c(C(=O)OCC)c2c2ccccc21. The van der Waals surface area contributed by atoms with Crippen LogP contribution in [0.4, 0.5) is 0 Å². The zero-order chi connectivity index (χ0) is 19.7. The minimum atomic E-state index is -0.724. The number of fused-ring (bicyclic) bond motifs is 3. The Morgan fingerprint density at radius 1 is 1.22 bits per heavy atom. The molecule has 138 valence electrons. The molecule has 0 aliphatic heterocycles. The van der Waals surface area contributed by atoms with Gasteiger partial charge in [0.1, 0.15) is 5.69 Å². The van der Waals surface area contributed by atoms with Crippen molar-refractivity contribution in [2.45, 2.75) is 20.4 Å². The number of carbonyl (C=O) groups excluding carboxylic acids is 2. The molecule has 0 fully saturated rings. The summed E-state index contributed by atoms with van der Waals surface area (Å²) in [4.78, 5) is 38.2. The second-order valence-corrected chi connectivity index (χ2v) is 5.83. The second-order valence-electron chi connectivity index (χ2n) is 5.83. The van der Waals surface area contributed by atoms with E-state index in [4.69, 9.17) is 15.9 Å². The van der Waals surface area contributed by atoms with Crippen LogP contribution in [-0.2, 0) is 16.0 Å². The van der Waals surface area contributed by atoms with Gasteiger partial charge in [-0.05, 0) is 25.5 Å². The highest BCUT2D eigenvalue weighted by atomic mass is 16.5. The average Bonchev–Trinajstić information content (AvgIpc) is 2.98. The molecular formula is C20H18N2O5. The van der Waals surface area contributed by atoms with Crippen molar-refractivity contribution in [3.63, 3.8) is 0 Å². The molecule has 0 saturated heterocycles. The van der Waals surface area contributed by atoms with E-state index in [2.05, 4.69) is 5.92 Å². The van der Waals surface area contributed by atoms with E-state index >= 15 is 0 Å². The molecular weight excluding hydrogens is 348 g/mol. The lowest BCUT2D eigenvalue weighted by Crippen LogP contribution is -2.29. The number of hydrogen-bond acceptors (Lipinski definition) is 5. The van der Waals surface area contributed by atoms with Crippen molar-refractivity contribution in [2.24, 2.45) is 0 Å². The molecule has 0 aliphatic rings. The average molecular weight is 366 g/mol. The molecule has 2 heterocycles. The van der Waals surface area contributed by atoms with Gasteiger partial charge in [-0.1, -0.05) is 24.1 Å². The van der Waals surface area contributed by atoms with E-state index in [-0.39, 0.29) is 24.4 Å². The molecule has 3 rings (SSSR count). The lowest BCUT2D eigenvalue weighted by molar-refractivity contribution is 0.0528. The van der Waals surface area contributed by atoms with E-state index in [1.54, 1.807) is 38.1 Å². The Balaban J connectivity index is 2.64. The molecule has 0 atom stereocenters. The van der Waals surface area contributed by atoms with Gasteiger partial charge >= 0.3 is 17.6 Å². The first-order valence-corrected chi connectivity index (χ1v) is 8.33. The number of rotatable bonds is 4. The molecule has 7 nitrogen and oxygen atoms in total. The van der Waals surface area contributed by atoms with Crippen LogP contribution in [0.5, 0.6) is 0 Å². The maximum absolute atomic E-state index is 13.2. The van der Waals surface area contributed by atoms with Crippen LogP contribution in [0.15, 0.2) is 29.1 Å². The summed E-state index contributed by atoms with van der Waals surface area (Å²) >= 11 is 0. The van der Waals surface area contributed by atoms with Crippen LogP contribution >= 0.6 is 0 Å². The van der Waals surface area contributed by atoms with Crippen LogP contribution in [0.1, 0.15) is 33.3 Å². The molecule has 1 aromatic carbocycles. The Morgan fingerprint density at radius 2 is 1.93 bits per heavy atom. The van der Waals surface area contributed by atoms with Crippen molar-refractivity contribution < 1.29 is 19.1 Å². The van der Waals surface area contributed by atoms with Gasteiger partial charge in [-0.25, -0.2) is 14.4 Å². The number of nitrogens with zero attached hydrogens (tertiary/aromatic N) is 2. The van der Waals surface area contributed by atoms with Gasteiger partial charge in [-0.3, -0.25) is 8.97 Å². The number of carbonyl (C=O) groups is 2. The van der Waals surface area contributed by atoms with Crippen LogP contribution in [0.25, 0.3) is 16.4 Å². The topological polar surface area (TPSA) is 79.0 Å². The summed E-state index contributed by atoms with van der Waals surface area (Å²) in [7, 11) is 1.21. The first kappa shape index (κ1) is 18.3. The largest absolute Gasteiger partial charge is 0.464 e. The smallest absolute Gasteiger partial charge is 0.355 e. The highest BCUT2D eigenvalue weighted by Gasteiger charge is 2.29. The maximum atomic E-state index is 13.2. The Kier molecular flexibility index (Phi) is 4.74. The van der Waals surface area contributed by atoms with E-state index in [0.717, 1.165) is 0 Å². The van der Waals surface area contributed by atoms with Crippen LogP contribution < -0.4 is 5.69 Å². The van der Waals surface area contributed by atoms with Gasteiger partial charge in [0, 0.05) is 5.39 Å². The fraction of sp³-hybridized carbons (Fsp3) is 0.250. The molecule has 3 aromatic rings. The molecule has 0 N–H and O–H groups in total. The predicted octanol–water partition coefficient (Wildman–Crippen LogP) is 2.16. The van der Waals surface area contributed by atoms with Gasteiger partial charge in [0.2, 0.25) is 0 Å². The molecule has 7 heteroatoms. The number of terminal acetylenes is 1. The number of benzene rings is 1. The third-order valence-electron chi connectivity index (χ3n) is 4.39. The monoisotopic (exact) mass is 366 g/mol. The summed E-state index contributed by atoms with van der Waals surface area (Å²) in [5, 5.41) is 0.605. The van der Waals surface area contributed by atoms with E-state index in [1.807, 2.05) is 0 Å². The zero-order valence-electron chi connectivity index (χ0n) is 15.2. The molecule has 0 saturated carbocycles. The molecule has 0 aliphatic carbocycles. The highest BCUT2D eigenvalue weighted by molar-refractivity contribution is 6.11. The number of aromatic nitrogens is 2. The molecule has 0 amide bonds. The van der Waals surface area contributed by atoms with Crippen LogP contribution in [0, 0.1) is 19.3 Å². The summed E-state index contributed by atoms with van der Waals surface area (Å²) in [6.45, 7) is 3.45. The number of ether oxygens (including phenoxy) is 2. The van der Waals surface area contributed by atoms with Gasteiger partial charge in [-0.2, -0.15) is 0 Å². The fourth-order valence-corrected chi connectivity index (χ4v) is 3.30. The number of esters is 2. The van der Waals surface area contributed by atoms with Gasteiger partial charge < -0.3 is 9.47 Å². The minimum Gasteiger partial charge on any atom is -0.464 e. The van der Waals surface area contributed by atoms with Crippen molar-refractivity contribution in [3.8, 4) is 12.3 Å². The lowest BCUT2D eigenvalue weighted by atomic mass is 10.1. The van der Waals surface area contributed by atoms with Crippen LogP contribution in [-0.4, -0.2) is 34.6 Å². The quantitative estimate of drug-likeness (QED) is 0.522. The van der Waals surface area contributed by atoms with Crippen molar-refractivity contribution in [1.82, 2.24) is 8.97 Å². The third-order valence-corrected chi connectivity index (χ3v) is 4.39. The minimum absolute atomic E-state index is 0.0157. The van der Waals surface area contributed by atoms with Crippen molar-refractivity contribution in [3.05, 3.63) is 51.6 Å². The predicted molar refractivity (Wildman–Crippen MR) is 100 cm³/mol. The third kappa shape index (κ3) is 2.66. The Bertz CT molecular complexity index is 1180. The number of hydrogen-bond donors (Lipinski definition) is 0.